The highest BCUT2D eigenvalue weighted by molar-refractivity contribution is 5.26. The molecule has 0 amide bonds. The molecule has 0 spiro atoms. The summed E-state index contributed by atoms with van der Waals surface area (Å²) in [4.78, 5) is 11.4. The van der Waals surface area contributed by atoms with Crippen LogP contribution in [0.3, 0.4) is 0 Å². The summed E-state index contributed by atoms with van der Waals surface area (Å²) in [6, 6.07) is 1.62. The maximum Gasteiger partial charge on any atom is 0.337 e. The quantitative estimate of drug-likeness (QED) is 0.486. The summed E-state index contributed by atoms with van der Waals surface area (Å²) >= 11 is 0. The SMILES string of the molecule is NOc1nccc(N)n1. The van der Waals surface area contributed by atoms with Gasteiger partial charge in [-0.15, -0.1) is 0 Å². The molecule has 1 rings (SSSR count). The lowest BCUT2D eigenvalue weighted by Gasteiger charge is -1.93. The Labute approximate surface area is 51.6 Å². The fourth-order valence-electron chi connectivity index (χ4n) is 0.411. The number of nitrogen functional groups attached to an aromatic ring is 1. The fraction of sp³-hybridized carbons (Fsp3) is 0. The van der Waals surface area contributed by atoms with Crippen molar-refractivity contribution in [2.24, 2.45) is 5.90 Å². The molecule has 0 saturated heterocycles. The minimum absolute atomic E-state index is 0.0787. The molecule has 48 valence electrons. The molecule has 1 aromatic rings. The first kappa shape index (κ1) is 5.77. The average molecular weight is 126 g/mol. The molecule has 9 heavy (non-hydrogen) atoms. The number of nitrogens with two attached hydrogens (primary N) is 2. The zero-order valence-electron chi connectivity index (χ0n) is 4.61. The second-order valence-electron chi connectivity index (χ2n) is 1.38. The van der Waals surface area contributed by atoms with Crippen LogP contribution in [0.5, 0.6) is 6.01 Å². The highest BCUT2D eigenvalue weighted by atomic mass is 16.6. The highest BCUT2D eigenvalue weighted by Crippen LogP contribution is 2.00. The van der Waals surface area contributed by atoms with Crippen LogP contribution in [0.2, 0.25) is 0 Å². The van der Waals surface area contributed by atoms with Crippen molar-refractivity contribution in [2.75, 3.05) is 5.73 Å². The van der Waals surface area contributed by atoms with Gasteiger partial charge in [0.05, 0.1) is 0 Å². The fourth-order valence-corrected chi connectivity index (χ4v) is 0.411. The van der Waals surface area contributed by atoms with Crippen molar-refractivity contribution in [3.05, 3.63) is 12.3 Å². The van der Waals surface area contributed by atoms with Crippen LogP contribution in [0.4, 0.5) is 5.82 Å². The minimum atomic E-state index is 0.0787. The molecule has 0 bridgehead atoms. The van der Waals surface area contributed by atoms with Crippen LogP contribution >= 0.6 is 0 Å². The van der Waals surface area contributed by atoms with Gasteiger partial charge in [0.2, 0.25) is 0 Å². The van der Waals surface area contributed by atoms with Crippen LogP contribution in [-0.4, -0.2) is 9.97 Å². The van der Waals surface area contributed by atoms with E-state index in [1.54, 1.807) is 6.07 Å². The Hall–Kier alpha value is -1.36. The molecule has 5 heteroatoms. The van der Waals surface area contributed by atoms with Gasteiger partial charge in [0, 0.05) is 6.20 Å². The molecule has 0 unspecified atom stereocenters. The topological polar surface area (TPSA) is 87.0 Å². The lowest BCUT2D eigenvalue weighted by atomic mass is 10.6. The second-order valence-corrected chi connectivity index (χ2v) is 1.38. The Kier molecular flexibility index (Phi) is 1.46. The van der Waals surface area contributed by atoms with Crippen LogP contribution in [0, 0.1) is 0 Å². The summed E-state index contributed by atoms with van der Waals surface area (Å²) < 4.78 is 0. The zero-order chi connectivity index (χ0) is 6.69. The van der Waals surface area contributed by atoms with E-state index in [2.05, 4.69) is 14.8 Å². The van der Waals surface area contributed by atoms with Gasteiger partial charge in [-0.2, -0.15) is 10.9 Å². The predicted molar refractivity (Wildman–Crippen MR) is 31.3 cm³/mol. The van der Waals surface area contributed by atoms with Crippen LogP contribution in [0.15, 0.2) is 12.3 Å². The molecule has 5 nitrogen and oxygen atoms in total. The number of anilines is 1. The lowest BCUT2D eigenvalue weighted by molar-refractivity contribution is 0.306. The summed E-state index contributed by atoms with van der Waals surface area (Å²) in [5, 5.41) is 0. The average Bonchev–Trinajstić information content (AvgIpc) is 1.88. The van der Waals surface area contributed by atoms with Crippen LogP contribution in [0.1, 0.15) is 0 Å². The molecule has 0 aromatic carbocycles. The third kappa shape index (κ3) is 1.26. The molecule has 1 heterocycles. The van der Waals surface area contributed by atoms with Crippen molar-refractivity contribution in [2.45, 2.75) is 0 Å². The van der Waals surface area contributed by atoms with Gasteiger partial charge in [-0.25, -0.2) is 4.98 Å². The highest BCUT2D eigenvalue weighted by Gasteiger charge is 1.91. The summed E-state index contributed by atoms with van der Waals surface area (Å²) in [5.74, 6) is 5.08. The number of aromatic nitrogens is 2. The molecule has 1 aromatic heterocycles. The van der Waals surface area contributed by atoms with Gasteiger partial charge in [-0.3, -0.25) is 0 Å². The van der Waals surface area contributed by atoms with Gasteiger partial charge in [0.1, 0.15) is 5.82 Å². The molecule has 0 aliphatic heterocycles. The van der Waals surface area contributed by atoms with E-state index in [0.29, 0.717) is 5.82 Å². The molecule has 0 fully saturated rings. The molecular formula is C4H6N4O. The summed E-state index contributed by atoms with van der Waals surface area (Å²) in [6.07, 6.45) is 1.46. The van der Waals surface area contributed by atoms with Gasteiger partial charge in [0.25, 0.3) is 0 Å². The van der Waals surface area contributed by atoms with E-state index in [1.807, 2.05) is 0 Å². The predicted octanol–water partition coefficient (Wildman–Crippen LogP) is -0.689. The zero-order valence-corrected chi connectivity index (χ0v) is 4.61. The molecule has 0 atom stereocenters. The van der Waals surface area contributed by atoms with Crippen LogP contribution in [-0.2, 0) is 0 Å². The first-order valence-corrected chi connectivity index (χ1v) is 2.28. The van der Waals surface area contributed by atoms with E-state index in [0.717, 1.165) is 0 Å². The van der Waals surface area contributed by atoms with E-state index in [1.165, 1.54) is 6.20 Å². The summed E-state index contributed by atoms with van der Waals surface area (Å²) in [7, 11) is 0. The van der Waals surface area contributed by atoms with Crippen molar-refractivity contribution in [1.82, 2.24) is 9.97 Å². The van der Waals surface area contributed by atoms with Crippen molar-refractivity contribution in [3.8, 4) is 6.01 Å². The van der Waals surface area contributed by atoms with Gasteiger partial charge >= 0.3 is 6.01 Å². The van der Waals surface area contributed by atoms with Crippen LogP contribution in [0.25, 0.3) is 0 Å². The Morgan fingerprint density at radius 3 is 2.78 bits per heavy atom. The Bertz CT molecular complexity index is 202. The maximum atomic E-state index is 5.25. The monoisotopic (exact) mass is 126 g/mol. The number of hydrogen-bond acceptors (Lipinski definition) is 5. The van der Waals surface area contributed by atoms with Crippen molar-refractivity contribution in [1.29, 1.82) is 0 Å². The largest absolute Gasteiger partial charge is 0.383 e. The minimum Gasteiger partial charge on any atom is -0.383 e. The van der Waals surface area contributed by atoms with E-state index in [-0.39, 0.29) is 6.01 Å². The van der Waals surface area contributed by atoms with Crippen LogP contribution < -0.4 is 16.5 Å². The standard InChI is InChI=1S/C4H6N4O/c5-3-1-2-7-4(8-3)9-6/h1-2H,6H2,(H2,5,7,8). The van der Waals surface area contributed by atoms with E-state index in [9.17, 15) is 0 Å². The number of hydrogen-bond donors (Lipinski definition) is 2. The lowest BCUT2D eigenvalue weighted by Crippen LogP contribution is -2.06. The van der Waals surface area contributed by atoms with E-state index >= 15 is 0 Å². The third-order valence-electron chi connectivity index (χ3n) is 0.760. The van der Waals surface area contributed by atoms with Crippen molar-refractivity contribution >= 4 is 5.82 Å². The smallest absolute Gasteiger partial charge is 0.337 e. The second kappa shape index (κ2) is 2.27. The maximum absolute atomic E-state index is 5.25. The first-order valence-electron chi connectivity index (χ1n) is 2.28. The Morgan fingerprint density at radius 2 is 2.33 bits per heavy atom. The summed E-state index contributed by atoms with van der Waals surface area (Å²) in [6.45, 7) is 0. The van der Waals surface area contributed by atoms with Crippen molar-refractivity contribution in [3.63, 3.8) is 0 Å². The molecule has 0 saturated carbocycles. The summed E-state index contributed by atoms with van der Waals surface area (Å²) in [5.41, 5.74) is 5.25. The molecule has 0 aliphatic carbocycles. The first-order chi connectivity index (χ1) is 4.33. The molecular weight excluding hydrogens is 120 g/mol. The van der Waals surface area contributed by atoms with Gasteiger partial charge in [-0.1, -0.05) is 0 Å². The molecule has 0 radical (unpaired) electrons. The normalized spacial score (nSPS) is 9.00. The molecule has 4 N–H and O–H groups in total. The number of nitrogens with zero attached hydrogens (tertiary/aromatic N) is 2. The number of rotatable bonds is 1. The van der Waals surface area contributed by atoms with E-state index in [4.69, 9.17) is 11.6 Å². The van der Waals surface area contributed by atoms with Gasteiger partial charge in [0.15, 0.2) is 0 Å². The van der Waals surface area contributed by atoms with E-state index < -0.39 is 0 Å². The van der Waals surface area contributed by atoms with Crippen molar-refractivity contribution < 1.29 is 4.84 Å². The Morgan fingerprint density at radius 1 is 1.56 bits per heavy atom. The van der Waals surface area contributed by atoms with Gasteiger partial charge in [-0.05, 0) is 6.07 Å². The third-order valence-corrected chi connectivity index (χ3v) is 0.760. The Balaban J connectivity index is 2.94. The molecule has 0 aliphatic rings. The van der Waals surface area contributed by atoms with Gasteiger partial charge < -0.3 is 10.6 Å².